The van der Waals surface area contributed by atoms with Gasteiger partial charge in [0.2, 0.25) is 5.89 Å². The second-order valence-corrected chi connectivity index (χ2v) is 8.68. The molecule has 2 heterocycles. The van der Waals surface area contributed by atoms with Crippen LogP contribution >= 0.6 is 0 Å². The van der Waals surface area contributed by atoms with Gasteiger partial charge in [-0.15, -0.1) is 0 Å². The molecule has 6 nitrogen and oxygen atoms in total. The van der Waals surface area contributed by atoms with E-state index in [4.69, 9.17) is 4.42 Å². The van der Waals surface area contributed by atoms with E-state index in [-0.39, 0.29) is 5.41 Å². The van der Waals surface area contributed by atoms with E-state index in [1.54, 1.807) is 0 Å². The predicted molar refractivity (Wildman–Crippen MR) is 107 cm³/mol. The monoisotopic (exact) mass is 363 g/mol. The highest BCUT2D eigenvalue weighted by Crippen LogP contribution is 2.22. The van der Waals surface area contributed by atoms with Gasteiger partial charge in [-0.2, -0.15) is 0 Å². The molecule has 0 spiro atoms. The van der Waals surface area contributed by atoms with Gasteiger partial charge in [0, 0.05) is 37.6 Å². The predicted octanol–water partition coefficient (Wildman–Crippen LogP) is 3.15. The lowest BCUT2D eigenvalue weighted by molar-refractivity contribution is 0.187. The summed E-state index contributed by atoms with van der Waals surface area (Å²) in [6, 6.07) is 0.478. The second kappa shape index (κ2) is 9.40. The molecule has 1 fully saturated rings. The lowest BCUT2D eigenvalue weighted by atomic mass is 9.94. The molecule has 1 aliphatic rings. The Morgan fingerprint density at radius 3 is 2.58 bits per heavy atom. The zero-order valence-corrected chi connectivity index (χ0v) is 17.4. The maximum absolute atomic E-state index is 5.84. The summed E-state index contributed by atoms with van der Waals surface area (Å²) in [6.07, 6.45) is 4.13. The largest absolute Gasteiger partial charge is 0.443 e. The van der Waals surface area contributed by atoms with Crippen LogP contribution in [-0.4, -0.2) is 48.1 Å². The van der Waals surface area contributed by atoms with Gasteiger partial charge in [-0.25, -0.2) is 9.98 Å². The number of hydrogen-bond donors (Lipinski definition) is 2. The number of aromatic nitrogens is 1. The van der Waals surface area contributed by atoms with Gasteiger partial charge in [0.1, 0.15) is 12.3 Å². The topological polar surface area (TPSA) is 65.7 Å². The van der Waals surface area contributed by atoms with Crippen LogP contribution in [0.2, 0.25) is 0 Å². The molecule has 0 atom stereocenters. The van der Waals surface area contributed by atoms with E-state index in [0.717, 1.165) is 50.1 Å². The van der Waals surface area contributed by atoms with E-state index >= 15 is 0 Å². The quantitative estimate of drug-likeness (QED) is 0.600. The summed E-state index contributed by atoms with van der Waals surface area (Å²) in [5.41, 5.74) is -0.0261. The normalized spacial score (nSPS) is 17.7. The molecular weight excluding hydrogens is 326 g/mol. The third-order valence-corrected chi connectivity index (χ3v) is 4.56. The Morgan fingerprint density at radius 1 is 1.35 bits per heavy atom. The first kappa shape index (κ1) is 20.7. The van der Waals surface area contributed by atoms with Crippen molar-refractivity contribution in [3.8, 4) is 0 Å². The standard InChI is InChI=1S/C20H37N5O/c1-7-21-19(23-13-18-22-12-17(26-18)20(4,5)6)24-16-8-10-25(11-9-16)14-15(2)3/h12,15-16H,7-11,13-14H2,1-6H3,(H2,21,23,24). The molecule has 0 aromatic carbocycles. The first-order valence-electron chi connectivity index (χ1n) is 10.00. The highest BCUT2D eigenvalue weighted by Gasteiger charge is 2.21. The highest BCUT2D eigenvalue weighted by molar-refractivity contribution is 5.80. The van der Waals surface area contributed by atoms with Crippen molar-refractivity contribution >= 4 is 5.96 Å². The Morgan fingerprint density at radius 2 is 2.04 bits per heavy atom. The summed E-state index contributed by atoms with van der Waals surface area (Å²) < 4.78 is 5.84. The van der Waals surface area contributed by atoms with Crippen molar-refractivity contribution in [2.24, 2.45) is 10.9 Å². The first-order chi connectivity index (χ1) is 12.3. The second-order valence-electron chi connectivity index (χ2n) is 8.68. The highest BCUT2D eigenvalue weighted by atomic mass is 16.4. The Hall–Kier alpha value is -1.56. The molecule has 0 radical (unpaired) electrons. The number of guanidine groups is 1. The molecule has 1 aromatic heterocycles. The Kier molecular flexibility index (Phi) is 7.50. The van der Waals surface area contributed by atoms with E-state index in [9.17, 15) is 0 Å². The molecule has 0 bridgehead atoms. The molecule has 2 N–H and O–H groups in total. The van der Waals surface area contributed by atoms with E-state index in [2.05, 4.69) is 67.1 Å². The summed E-state index contributed by atoms with van der Waals surface area (Å²) in [7, 11) is 0. The molecule has 0 amide bonds. The summed E-state index contributed by atoms with van der Waals surface area (Å²) in [6.45, 7) is 17.8. The fourth-order valence-corrected chi connectivity index (χ4v) is 3.17. The fourth-order valence-electron chi connectivity index (χ4n) is 3.17. The lowest BCUT2D eigenvalue weighted by Crippen LogP contribution is -2.49. The number of nitrogens with one attached hydrogen (secondary N) is 2. The maximum atomic E-state index is 5.84. The van der Waals surface area contributed by atoms with E-state index in [0.29, 0.717) is 18.5 Å². The molecule has 1 saturated heterocycles. The van der Waals surface area contributed by atoms with E-state index < -0.39 is 0 Å². The average Bonchev–Trinajstić information content (AvgIpc) is 3.03. The first-order valence-corrected chi connectivity index (χ1v) is 10.00. The number of aliphatic imine (C=N–C) groups is 1. The molecule has 0 saturated carbocycles. The summed E-state index contributed by atoms with van der Waals surface area (Å²) >= 11 is 0. The molecule has 1 aliphatic heterocycles. The zero-order valence-electron chi connectivity index (χ0n) is 17.4. The molecule has 0 unspecified atom stereocenters. The van der Waals surface area contributed by atoms with Crippen LogP contribution < -0.4 is 10.6 Å². The molecule has 6 heteroatoms. The van der Waals surface area contributed by atoms with Gasteiger partial charge in [-0.05, 0) is 25.7 Å². The summed E-state index contributed by atoms with van der Waals surface area (Å²) in [5, 5.41) is 6.92. The third kappa shape index (κ3) is 6.63. The van der Waals surface area contributed by atoms with Gasteiger partial charge in [0.05, 0.1) is 6.20 Å². The SMILES string of the molecule is CCNC(=NCc1ncc(C(C)(C)C)o1)NC1CCN(CC(C)C)CC1. The van der Waals surface area contributed by atoms with Crippen molar-refractivity contribution in [2.75, 3.05) is 26.2 Å². The van der Waals surface area contributed by atoms with E-state index in [1.165, 1.54) is 6.54 Å². The Balaban J connectivity index is 1.88. The number of likely N-dealkylation sites (tertiary alicyclic amines) is 1. The fraction of sp³-hybridized carbons (Fsp3) is 0.800. The van der Waals surface area contributed by atoms with Crippen molar-refractivity contribution in [1.82, 2.24) is 20.5 Å². The Bertz CT molecular complexity index is 565. The van der Waals surface area contributed by atoms with Gasteiger partial charge in [-0.1, -0.05) is 34.6 Å². The van der Waals surface area contributed by atoms with Crippen LogP contribution in [0.4, 0.5) is 0 Å². The molecule has 2 rings (SSSR count). The van der Waals surface area contributed by atoms with Crippen LogP contribution in [0.5, 0.6) is 0 Å². The van der Waals surface area contributed by atoms with Crippen LogP contribution in [0.25, 0.3) is 0 Å². The van der Waals surface area contributed by atoms with Crippen molar-refractivity contribution < 1.29 is 4.42 Å². The van der Waals surface area contributed by atoms with Gasteiger partial charge in [0.25, 0.3) is 0 Å². The third-order valence-electron chi connectivity index (χ3n) is 4.56. The van der Waals surface area contributed by atoms with Gasteiger partial charge >= 0.3 is 0 Å². The maximum Gasteiger partial charge on any atom is 0.216 e. The average molecular weight is 364 g/mol. The van der Waals surface area contributed by atoms with Crippen molar-refractivity contribution in [3.63, 3.8) is 0 Å². The van der Waals surface area contributed by atoms with Crippen LogP contribution in [0.1, 0.15) is 66.0 Å². The number of nitrogens with zero attached hydrogens (tertiary/aromatic N) is 3. The summed E-state index contributed by atoms with van der Waals surface area (Å²) in [5.74, 6) is 3.15. The Labute approximate surface area is 158 Å². The molecule has 0 aliphatic carbocycles. The van der Waals surface area contributed by atoms with Gasteiger partial charge < -0.3 is 20.0 Å². The minimum Gasteiger partial charge on any atom is -0.443 e. The lowest BCUT2D eigenvalue weighted by Gasteiger charge is -2.33. The van der Waals surface area contributed by atoms with Crippen molar-refractivity contribution in [2.45, 2.75) is 72.4 Å². The number of hydrogen-bond acceptors (Lipinski definition) is 4. The smallest absolute Gasteiger partial charge is 0.216 e. The van der Waals surface area contributed by atoms with Crippen molar-refractivity contribution in [3.05, 3.63) is 17.8 Å². The van der Waals surface area contributed by atoms with Crippen LogP contribution in [0.3, 0.4) is 0 Å². The number of piperidine rings is 1. The van der Waals surface area contributed by atoms with Crippen LogP contribution in [0.15, 0.2) is 15.6 Å². The minimum absolute atomic E-state index is 0.0261. The minimum atomic E-state index is -0.0261. The molecular formula is C20H37N5O. The van der Waals surface area contributed by atoms with Crippen molar-refractivity contribution in [1.29, 1.82) is 0 Å². The van der Waals surface area contributed by atoms with Crippen LogP contribution in [0, 0.1) is 5.92 Å². The van der Waals surface area contributed by atoms with Gasteiger partial charge in [0.15, 0.2) is 5.96 Å². The molecule has 148 valence electrons. The zero-order chi connectivity index (χ0) is 19.2. The molecule has 26 heavy (non-hydrogen) atoms. The van der Waals surface area contributed by atoms with E-state index in [1.807, 2.05) is 6.20 Å². The number of rotatable bonds is 6. The van der Waals surface area contributed by atoms with Gasteiger partial charge in [-0.3, -0.25) is 0 Å². The molecule has 1 aromatic rings. The van der Waals surface area contributed by atoms with Crippen LogP contribution in [-0.2, 0) is 12.0 Å². The summed E-state index contributed by atoms with van der Waals surface area (Å²) in [4.78, 5) is 11.6. The number of oxazole rings is 1.